The summed E-state index contributed by atoms with van der Waals surface area (Å²) in [5.41, 5.74) is 0.0435. The molecule has 0 unspecified atom stereocenters. The van der Waals surface area contributed by atoms with E-state index in [4.69, 9.17) is 33.0 Å². The van der Waals surface area contributed by atoms with Crippen LogP contribution in [-0.2, 0) is 43.3 Å². The van der Waals surface area contributed by atoms with Crippen LogP contribution >= 0.6 is 0 Å². The number of rotatable bonds is 11. The van der Waals surface area contributed by atoms with Crippen LogP contribution in [0.15, 0.2) is 29.2 Å². The van der Waals surface area contributed by atoms with Crippen molar-refractivity contribution in [2.45, 2.75) is 135 Å². The first-order valence-corrected chi connectivity index (χ1v) is 19.5. The van der Waals surface area contributed by atoms with Crippen molar-refractivity contribution in [1.29, 1.82) is 0 Å². The van der Waals surface area contributed by atoms with Gasteiger partial charge in [0.25, 0.3) is 10.1 Å². The van der Waals surface area contributed by atoms with Crippen molar-refractivity contribution in [3.05, 3.63) is 29.8 Å². The van der Waals surface area contributed by atoms with Gasteiger partial charge in [0.05, 0.1) is 43.4 Å². The number of amides is 2. The average Bonchev–Trinajstić information content (AvgIpc) is 3.78. The summed E-state index contributed by atoms with van der Waals surface area (Å²) in [4.78, 5) is 37.9. The second-order valence-electron chi connectivity index (χ2n) is 15.4. The number of ether oxygens (including phenoxy) is 6. The summed E-state index contributed by atoms with van der Waals surface area (Å²) in [6.45, 7) is 21.7. The molecular weight excluding hydrogens is 696 g/mol. The summed E-state index contributed by atoms with van der Waals surface area (Å²) >= 11 is 0. The minimum Gasteiger partial charge on any atom is -0.444 e. The quantitative estimate of drug-likeness (QED) is 0.201. The lowest BCUT2D eigenvalue weighted by Crippen LogP contribution is -2.36. The Labute approximate surface area is 310 Å². The van der Waals surface area contributed by atoms with Gasteiger partial charge in [0.15, 0.2) is 5.79 Å². The second-order valence-corrected chi connectivity index (χ2v) is 16.9. The summed E-state index contributed by atoms with van der Waals surface area (Å²) in [5, 5.41) is 0. The molecule has 3 heterocycles. The molecule has 2 atom stereocenters. The van der Waals surface area contributed by atoms with Crippen molar-refractivity contribution in [3.8, 4) is 0 Å². The zero-order valence-corrected chi connectivity index (χ0v) is 33.4. The van der Waals surface area contributed by atoms with Gasteiger partial charge in [-0.3, -0.25) is 4.55 Å². The van der Waals surface area contributed by atoms with Gasteiger partial charge < -0.3 is 43.0 Å². The molecule has 2 amide bonds. The van der Waals surface area contributed by atoms with E-state index in [0.29, 0.717) is 59.0 Å². The van der Waals surface area contributed by atoms with E-state index in [2.05, 4.69) is 0 Å². The lowest BCUT2D eigenvalue weighted by atomic mass is 10.2. The summed E-state index contributed by atoms with van der Waals surface area (Å²) in [6, 6.07) is 5.99. The van der Waals surface area contributed by atoms with Crippen LogP contribution in [0.2, 0.25) is 0 Å². The summed E-state index contributed by atoms with van der Waals surface area (Å²) in [5.74, 6) is -0.257. The molecule has 0 saturated carbocycles. The van der Waals surface area contributed by atoms with E-state index in [9.17, 15) is 22.8 Å². The molecular formula is C37H62N2O12S. The Kier molecular flexibility index (Phi) is 17.9. The molecule has 0 aliphatic carbocycles. The van der Waals surface area contributed by atoms with E-state index in [1.165, 1.54) is 12.1 Å². The molecule has 15 heteroatoms. The minimum absolute atomic E-state index is 0.0666. The van der Waals surface area contributed by atoms with Crippen LogP contribution in [0.4, 0.5) is 9.59 Å². The van der Waals surface area contributed by atoms with E-state index in [-0.39, 0.29) is 35.1 Å². The zero-order valence-electron chi connectivity index (χ0n) is 32.6. The third-order valence-electron chi connectivity index (χ3n) is 7.97. The molecule has 0 aromatic heterocycles. The Bertz CT molecular complexity index is 1370. The van der Waals surface area contributed by atoms with E-state index in [1.807, 2.05) is 55.4 Å². The molecule has 1 aromatic rings. The smallest absolute Gasteiger partial charge is 0.410 e. The molecule has 1 N–H and O–H groups in total. The van der Waals surface area contributed by atoms with Gasteiger partial charge in [-0.05, 0) is 100 Å². The number of carbonyl (C=O) groups is 3. The highest BCUT2D eigenvalue weighted by atomic mass is 32.2. The van der Waals surface area contributed by atoms with Crippen LogP contribution in [-0.4, -0.2) is 123 Å². The second kappa shape index (κ2) is 20.6. The highest BCUT2D eigenvalue weighted by Gasteiger charge is 2.33. The Morgan fingerprint density at radius 2 is 1.27 bits per heavy atom. The average molecular weight is 759 g/mol. The van der Waals surface area contributed by atoms with Crippen molar-refractivity contribution in [2.75, 3.05) is 52.6 Å². The molecule has 52 heavy (non-hydrogen) atoms. The first-order chi connectivity index (χ1) is 24.1. The predicted molar refractivity (Wildman–Crippen MR) is 195 cm³/mol. The Morgan fingerprint density at radius 3 is 1.67 bits per heavy atom. The van der Waals surface area contributed by atoms with Crippen molar-refractivity contribution in [3.63, 3.8) is 0 Å². The zero-order chi connectivity index (χ0) is 39.2. The third-order valence-corrected chi connectivity index (χ3v) is 8.83. The van der Waals surface area contributed by atoms with Gasteiger partial charge in [-0.2, -0.15) is 8.42 Å². The Balaban J connectivity index is 0.000000285. The molecule has 3 fully saturated rings. The van der Waals surface area contributed by atoms with Gasteiger partial charge in [0.2, 0.25) is 0 Å². The maximum atomic E-state index is 12.0. The topological polar surface area (TPSA) is 167 Å². The normalized spacial score (nSPS) is 20.0. The molecule has 0 bridgehead atoms. The summed E-state index contributed by atoms with van der Waals surface area (Å²) in [7, 11) is -4.02. The third kappa shape index (κ3) is 18.8. The number of aryl methyl sites for hydroxylation is 1. The molecule has 298 valence electrons. The van der Waals surface area contributed by atoms with Gasteiger partial charge in [-0.25, -0.2) is 9.59 Å². The highest BCUT2D eigenvalue weighted by Crippen LogP contribution is 2.25. The van der Waals surface area contributed by atoms with Crippen LogP contribution in [0.1, 0.15) is 99.5 Å². The van der Waals surface area contributed by atoms with Gasteiger partial charge in [-0.1, -0.05) is 17.7 Å². The van der Waals surface area contributed by atoms with Gasteiger partial charge >= 0.3 is 12.2 Å². The van der Waals surface area contributed by atoms with E-state index in [0.717, 1.165) is 37.7 Å². The number of likely N-dealkylation sites (tertiary alicyclic amines) is 2. The molecule has 3 saturated heterocycles. The number of hydrogen-bond donors (Lipinski definition) is 1. The van der Waals surface area contributed by atoms with Crippen molar-refractivity contribution >= 4 is 28.1 Å². The fourth-order valence-electron chi connectivity index (χ4n) is 5.34. The molecule has 14 nitrogen and oxygen atoms in total. The number of benzene rings is 1. The van der Waals surface area contributed by atoms with Crippen LogP contribution in [0.3, 0.4) is 0 Å². The fraction of sp³-hybridized carbons (Fsp3) is 0.757. The minimum atomic E-state index is -4.02. The molecule has 0 spiro atoms. The largest absolute Gasteiger partial charge is 0.444 e. The fourth-order valence-corrected chi connectivity index (χ4v) is 5.82. The first-order valence-electron chi connectivity index (χ1n) is 18.1. The van der Waals surface area contributed by atoms with E-state index >= 15 is 0 Å². The maximum absolute atomic E-state index is 12.0. The maximum Gasteiger partial charge on any atom is 0.410 e. The molecule has 4 rings (SSSR count). The Hall–Kier alpha value is -2.82. The number of ketones is 1. The summed E-state index contributed by atoms with van der Waals surface area (Å²) < 4.78 is 62.9. The predicted octanol–water partition coefficient (Wildman–Crippen LogP) is 6.18. The molecule has 3 aliphatic heterocycles. The van der Waals surface area contributed by atoms with Gasteiger partial charge in [-0.15, -0.1) is 0 Å². The molecule has 1 aromatic carbocycles. The van der Waals surface area contributed by atoms with Gasteiger partial charge in [0.1, 0.15) is 17.0 Å². The molecule has 0 radical (unpaired) electrons. The van der Waals surface area contributed by atoms with E-state index < -0.39 is 27.1 Å². The van der Waals surface area contributed by atoms with Crippen LogP contribution in [0.5, 0.6) is 0 Å². The van der Waals surface area contributed by atoms with Crippen molar-refractivity contribution in [2.24, 2.45) is 0 Å². The van der Waals surface area contributed by atoms with E-state index in [1.54, 1.807) is 28.9 Å². The first kappa shape index (κ1) is 45.3. The van der Waals surface area contributed by atoms with Crippen LogP contribution in [0, 0.1) is 6.92 Å². The highest BCUT2D eigenvalue weighted by molar-refractivity contribution is 7.85. The Morgan fingerprint density at radius 1 is 0.827 bits per heavy atom. The summed E-state index contributed by atoms with van der Waals surface area (Å²) in [6.07, 6.45) is 4.37. The number of carbonyl (C=O) groups excluding carboxylic acids is 3. The van der Waals surface area contributed by atoms with Crippen LogP contribution in [0.25, 0.3) is 0 Å². The molecule has 3 aliphatic rings. The number of hydrogen-bond acceptors (Lipinski definition) is 11. The standard InChI is InChI=1S/C16H29NO5.C14H25NO4.C7H8O3S/c1-15(2,3)22-14(18)17-8-6-13(12-17)19-9-5-7-16(4)20-10-11-21-16;1-11(16)6-5-9-18-12-7-8-15(10-12)13(17)19-14(2,3)4;1-6-2-4-7(5-3-6)11(8,9)10/h13H,5-12H2,1-4H3;12H,5-10H2,1-4H3;2-5H,1H3,(H,8,9,10)/t13-;12-;/m11./s1. The van der Waals surface area contributed by atoms with Crippen LogP contribution < -0.4 is 0 Å². The van der Waals surface area contributed by atoms with Gasteiger partial charge in [0, 0.05) is 39.1 Å². The lowest BCUT2D eigenvalue weighted by molar-refractivity contribution is -0.150. The number of Topliss-reactive ketones (excluding diaryl/α,β-unsaturated/α-hetero) is 1. The SMILES string of the molecule is CC(=O)CCCO[C@@H]1CCN(C(=O)OC(C)(C)C)C1.CC(C)(C)OC(=O)N1CC[C@@H](OCCCC2(C)OCCO2)C1.Cc1ccc(S(=O)(=O)O)cc1. The number of nitrogens with zero attached hydrogens (tertiary/aromatic N) is 2. The van der Waals surface area contributed by atoms with Crippen molar-refractivity contribution < 1.29 is 55.8 Å². The monoisotopic (exact) mass is 758 g/mol. The lowest BCUT2D eigenvalue weighted by Gasteiger charge is -2.24. The van der Waals surface area contributed by atoms with Crippen molar-refractivity contribution in [1.82, 2.24) is 9.80 Å².